The molecule has 1 fully saturated rings. The van der Waals surface area contributed by atoms with E-state index in [2.05, 4.69) is 12.2 Å². The van der Waals surface area contributed by atoms with Gasteiger partial charge < -0.3 is 16.0 Å². The molecule has 118 valence electrons. The Kier molecular flexibility index (Phi) is 8.81. The number of halogens is 1. The van der Waals surface area contributed by atoms with E-state index in [0.29, 0.717) is 5.92 Å². The molecule has 0 aromatic heterocycles. The first-order valence-electron chi connectivity index (χ1n) is 7.26. The maximum atomic E-state index is 12.1. The van der Waals surface area contributed by atoms with Gasteiger partial charge in [-0.15, -0.1) is 12.4 Å². The van der Waals surface area contributed by atoms with Crippen molar-refractivity contribution in [1.82, 2.24) is 10.2 Å². The fourth-order valence-electron chi connectivity index (χ4n) is 1.89. The molecule has 5 nitrogen and oxygen atoms in total. The normalized spacial score (nSPS) is 15.4. The number of carbonyl (C=O) groups excluding carboxylic acids is 2. The minimum atomic E-state index is -0.546. The first kappa shape index (κ1) is 19.2. The molecule has 1 saturated carbocycles. The summed E-state index contributed by atoms with van der Waals surface area (Å²) in [6.07, 6.45) is 3.38. The van der Waals surface area contributed by atoms with Crippen LogP contribution in [0.1, 0.15) is 40.0 Å². The Morgan fingerprint density at radius 3 is 2.40 bits per heavy atom. The Morgan fingerprint density at radius 1 is 1.35 bits per heavy atom. The highest BCUT2D eigenvalue weighted by Crippen LogP contribution is 2.29. The third kappa shape index (κ3) is 6.57. The molecular formula is C14H28ClN3O2. The van der Waals surface area contributed by atoms with E-state index < -0.39 is 6.04 Å². The molecule has 0 aliphatic heterocycles. The predicted molar refractivity (Wildman–Crippen MR) is 82.7 cm³/mol. The number of carbonyl (C=O) groups is 2. The van der Waals surface area contributed by atoms with Gasteiger partial charge in [-0.05, 0) is 31.1 Å². The van der Waals surface area contributed by atoms with E-state index in [0.717, 1.165) is 19.5 Å². The Bertz CT molecular complexity index is 320. The lowest BCUT2D eigenvalue weighted by molar-refractivity contribution is -0.133. The summed E-state index contributed by atoms with van der Waals surface area (Å²) in [5.74, 6) is 0.502. The molecule has 2 amide bonds. The quantitative estimate of drug-likeness (QED) is 0.706. The average molecular weight is 306 g/mol. The summed E-state index contributed by atoms with van der Waals surface area (Å²) in [5, 5.41) is 2.64. The number of hydrogen-bond acceptors (Lipinski definition) is 3. The van der Waals surface area contributed by atoms with Crippen LogP contribution < -0.4 is 11.1 Å². The van der Waals surface area contributed by atoms with Gasteiger partial charge in [0.1, 0.15) is 0 Å². The summed E-state index contributed by atoms with van der Waals surface area (Å²) in [7, 11) is 0. The van der Waals surface area contributed by atoms with Gasteiger partial charge >= 0.3 is 0 Å². The summed E-state index contributed by atoms with van der Waals surface area (Å²) >= 11 is 0. The summed E-state index contributed by atoms with van der Waals surface area (Å²) < 4.78 is 0. The maximum absolute atomic E-state index is 12.1. The van der Waals surface area contributed by atoms with Crippen LogP contribution in [0.15, 0.2) is 0 Å². The summed E-state index contributed by atoms with van der Waals surface area (Å²) in [5.41, 5.74) is 5.73. The second-order valence-electron chi connectivity index (χ2n) is 5.77. The average Bonchev–Trinajstić information content (AvgIpc) is 3.17. The fourth-order valence-corrected chi connectivity index (χ4v) is 1.89. The molecule has 0 spiro atoms. The molecule has 1 aliphatic carbocycles. The van der Waals surface area contributed by atoms with Gasteiger partial charge in [0.05, 0.1) is 12.6 Å². The molecular weight excluding hydrogens is 278 g/mol. The van der Waals surface area contributed by atoms with Crippen molar-refractivity contribution < 1.29 is 9.59 Å². The Hall–Kier alpha value is -0.810. The van der Waals surface area contributed by atoms with Crippen LogP contribution in [0.25, 0.3) is 0 Å². The first-order chi connectivity index (χ1) is 8.95. The van der Waals surface area contributed by atoms with Crippen molar-refractivity contribution in [3.05, 3.63) is 0 Å². The number of nitrogens with one attached hydrogen (secondary N) is 1. The summed E-state index contributed by atoms with van der Waals surface area (Å²) in [6.45, 7) is 7.50. The van der Waals surface area contributed by atoms with Crippen LogP contribution in [0.4, 0.5) is 0 Å². The Labute approximate surface area is 128 Å². The van der Waals surface area contributed by atoms with Crippen LogP contribution in [0.3, 0.4) is 0 Å². The molecule has 1 rings (SSSR count). The van der Waals surface area contributed by atoms with Crippen molar-refractivity contribution in [3.8, 4) is 0 Å². The summed E-state index contributed by atoms with van der Waals surface area (Å²) in [4.78, 5) is 25.6. The molecule has 1 aliphatic rings. The van der Waals surface area contributed by atoms with Crippen molar-refractivity contribution in [1.29, 1.82) is 0 Å². The minimum absolute atomic E-state index is 0. The number of amides is 2. The molecule has 0 bridgehead atoms. The molecule has 0 heterocycles. The van der Waals surface area contributed by atoms with E-state index in [1.54, 1.807) is 0 Å². The van der Waals surface area contributed by atoms with E-state index in [4.69, 9.17) is 5.73 Å². The Morgan fingerprint density at radius 2 is 1.95 bits per heavy atom. The number of hydrogen-bond donors (Lipinski definition) is 2. The zero-order chi connectivity index (χ0) is 14.4. The second-order valence-corrected chi connectivity index (χ2v) is 5.77. The van der Waals surface area contributed by atoms with Gasteiger partial charge in [-0.2, -0.15) is 0 Å². The maximum Gasteiger partial charge on any atom is 0.241 e. The fraction of sp³-hybridized carbons (Fsp3) is 0.857. The summed E-state index contributed by atoms with van der Waals surface area (Å²) in [6, 6.07) is -0.546. The molecule has 0 saturated heterocycles. The minimum Gasteiger partial charge on any atom is -0.346 e. The first-order valence-corrected chi connectivity index (χ1v) is 7.26. The van der Waals surface area contributed by atoms with Crippen LogP contribution in [-0.2, 0) is 9.59 Å². The van der Waals surface area contributed by atoms with Gasteiger partial charge in [-0.3, -0.25) is 9.59 Å². The van der Waals surface area contributed by atoms with Gasteiger partial charge in [0.15, 0.2) is 0 Å². The lowest BCUT2D eigenvalue weighted by Crippen LogP contribution is -2.48. The lowest BCUT2D eigenvalue weighted by Gasteiger charge is -2.23. The van der Waals surface area contributed by atoms with Crippen LogP contribution in [-0.4, -0.2) is 42.4 Å². The lowest BCUT2D eigenvalue weighted by atomic mass is 10.1. The zero-order valence-corrected chi connectivity index (χ0v) is 13.5. The molecule has 0 radical (unpaired) electrons. The van der Waals surface area contributed by atoms with E-state index >= 15 is 0 Å². The Balaban J connectivity index is 0.00000361. The third-order valence-corrected chi connectivity index (χ3v) is 3.46. The van der Waals surface area contributed by atoms with E-state index in [1.165, 1.54) is 12.8 Å². The highest BCUT2D eigenvalue weighted by molar-refractivity contribution is 5.87. The van der Waals surface area contributed by atoms with Crippen molar-refractivity contribution in [3.63, 3.8) is 0 Å². The topological polar surface area (TPSA) is 75.4 Å². The molecule has 0 aromatic carbocycles. The molecule has 0 unspecified atom stereocenters. The number of nitrogens with two attached hydrogens (primary N) is 1. The van der Waals surface area contributed by atoms with E-state index in [1.807, 2.05) is 18.7 Å². The monoisotopic (exact) mass is 305 g/mol. The van der Waals surface area contributed by atoms with Crippen molar-refractivity contribution in [2.45, 2.75) is 46.1 Å². The van der Waals surface area contributed by atoms with Crippen LogP contribution >= 0.6 is 12.4 Å². The van der Waals surface area contributed by atoms with Crippen LogP contribution in [0.5, 0.6) is 0 Å². The molecule has 20 heavy (non-hydrogen) atoms. The smallest absolute Gasteiger partial charge is 0.241 e. The van der Waals surface area contributed by atoms with Crippen molar-refractivity contribution in [2.75, 3.05) is 19.6 Å². The molecule has 6 heteroatoms. The SMILES string of the molecule is CCCN(CC1CC1)C(=O)CNC(=O)[C@@H](N)C(C)C.Cl. The second kappa shape index (κ2) is 9.19. The largest absolute Gasteiger partial charge is 0.346 e. The van der Waals surface area contributed by atoms with Crippen molar-refractivity contribution in [2.24, 2.45) is 17.6 Å². The van der Waals surface area contributed by atoms with Crippen molar-refractivity contribution >= 4 is 24.2 Å². The van der Waals surface area contributed by atoms with Gasteiger partial charge in [0.25, 0.3) is 0 Å². The van der Waals surface area contributed by atoms with Crippen LogP contribution in [0.2, 0.25) is 0 Å². The van der Waals surface area contributed by atoms with Gasteiger partial charge in [-0.25, -0.2) is 0 Å². The van der Waals surface area contributed by atoms with E-state index in [-0.39, 0.29) is 36.7 Å². The molecule has 0 aromatic rings. The number of nitrogens with zero attached hydrogens (tertiary/aromatic N) is 1. The van der Waals surface area contributed by atoms with E-state index in [9.17, 15) is 9.59 Å². The number of rotatable bonds is 8. The van der Waals surface area contributed by atoms with Gasteiger partial charge in [0.2, 0.25) is 11.8 Å². The standard InChI is InChI=1S/C14H27N3O2.ClH/c1-4-7-17(9-11-5-6-11)12(18)8-16-14(19)13(15)10(2)3;/h10-11,13H,4-9,15H2,1-3H3,(H,16,19);1H/t13-;/m0./s1. The molecule has 1 atom stereocenters. The third-order valence-electron chi connectivity index (χ3n) is 3.46. The highest BCUT2D eigenvalue weighted by atomic mass is 35.5. The van der Waals surface area contributed by atoms with Crippen LogP contribution in [0, 0.1) is 11.8 Å². The van der Waals surface area contributed by atoms with Gasteiger partial charge in [-0.1, -0.05) is 20.8 Å². The van der Waals surface area contributed by atoms with Gasteiger partial charge in [0, 0.05) is 13.1 Å². The highest BCUT2D eigenvalue weighted by Gasteiger charge is 2.26. The zero-order valence-electron chi connectivity index (χ0n) is 12.7. The molecule has 3 N–H and O–H groups in total. The predicted octanol–water partition coefficient (Wildman–Crippen LogP) is 1.16.